The molecule has 0 bridgehead atoms. The number of benzene rings is 2. The molecule has 0 radical (unpaired) electrons. The van der Waals surface area contributed by atoms with Gasteiger partial charge in [0.1, 0.15) is 5.69 Å². The topological polar surface area (TPSA) is 102 Å². The molecule has 0 aliphatic carbocycles. The number of rotatable bonds is 5. The predicted molar refractivity (Wildman–Crippen MR) is 116 cm³/mol. The van der Waals surface area contributed by atoms with Gasteiger partial charge in [0.15, 0.2) is 0 Å². The number of aryl methyl sites for hydroxylation is 1. The Morgan fingerprint density at radius 1 is 1.09 bits per heavy atom. The molecule has 32 heavy (non-hydrogen) atoms. The molecular weight excluding hydrogens is 490 g/mol. The van der Waals surface area contributed by atoms with Crippen molar-refractivity contribution in [2.75, 3.05) is 10.5 Å². The lowest BCUT2D eigenvalue weighted by Gasteiger charge is -2.15. The lowest BCUT2D eigenvalue weighted by atomic mass is 10.1. The van der Waals surface area contributed by atoms with E-state index in [0.29, 0.717) is 6.07 Å². The van der Waals surface area contributed by atoms with Crippen molar-refractivity contribution in [3.63, 3.8) is 0 Å². The second-order valence-corrected chi connectivity index (χ2v) is 9.22. The molecular formula is C20H14Cl2F3N3O3S. The van der Waals surface area contributed by atoms with Gasteiger partial charge in [-0.25, -0.2) is 13.4 Å². The SMILES string of the molecule is Cc1ccc(S(=O)(=O)Nc2cc(Cl)cnc2C(=O)c2cc(N)ccc2Cl)cc1C(F)(F)F. The summed E-state index contributed by atoms with van der Waals surface area (Å²) in [5, 5.41) is 0.0286. The quantitative estimate of drug-likeness (QED) is 0.361. The number of pyridine rings is 1. The maximum absolute atomic E-state index is 13.2. The highest BCUT2D eigenvalue weighted by Crippen LogP contribution is 2.34. The molecule has 6 nitrogen and oxygen atoms in total. The van der Waals surface area contributed by atoms with Crippen molar-refractivity contribution >= 4 is 50.4 Å². The van der Waals surface area contributed by atoms with Crippen LogP contribution < -0.4 is 10.5 Å². The van der Waals surface area contributed by atoms with E-state index in [1.54, 1.807) is 0 Å². The van der Waals surface area contributed by atoms with Gasteiger partial charge in [0.05, 0.1) is 26.2 Å². The summed E-state index contributed by atoms with van der Waals surface area (Å²) in [6.07, 6.45) is -3.64. The largest absolute Gasteiger partial charge is 0.416 e. The van der Waals surface area contributed by atoms with Gasteiger partial charge in [-0.3, -0.25) is 9.52 Å². The molecule has 0 unspecified atom stereocenters. The van der Waals surface area contributed by atoms with Crippen LogP contribution in [0.1, 0.15) is 27.2 Å². The molecule has 0 aliphatic rings. The number of alkyl halides is 3. The van der Waals surface area contributed by atoms with E-state index < -0.39 is 32.4 Å². The molecule has 1 heterocycles. The summed E-state index contributed by atoms with van der Waals surface area (Å²) < 4.78 is 67.4. The first-order chi connectivity index (χ1) is 14.8. The second-order valence-electron chi connectivity index (χ2n) is 6.70. The van der Waals surface area contributed by atoms with E-state index in [1.165, 1.54) is 25.1 Å². The Hall–Kier alpha value is -2.82. The Balaban J connectivity index is 2.07. The average molecular weight is 504 g/mol. The van der Waals surface area contributed by atoms with Gasteiger partial charge in [-0.05, 0) is 48.9 Å². The van der Waals surface area contributed by atoms with E-state index in [2.05, 4.69) is 9.71 Å². The first-order valence-electron chi connectivity index (χ1n) is 8.75. The van der Waals surface area contributed by atoms with Crippen molar-refractivity contribution in [2.45, 2.75) is 18.0 Å². The molecule has 0 saturated carbocycles. The zero-order valence-electron chi connectivity index (χ0n) is 16.2. The van der Waals surface area contributed by atoms with E-state index in [0.717, 1.165) is 24.4 Å². The van der Waals surface area contributed by atoms with Crippen LogP contribution in [0, 0.1) is 6.92 Å². The number of halogens is 5. The number of carbonyl (C=O) groups is 1. The van der Waals surface area contributed by atoms with Crippen LogP contribution in [-0.4, -0.2) is 19.2 Å². The van der Waals surface area contributed by atoms with Gasteiger partial charge in [-0.1, -0.05) is 29.3 Å². The van der Waals surface area contributed by atoms with Crippen LogP contribution in [-0.2, 0) is 16.2 Å². The molecule has 3 rings (SSSR count). The fourth-order valence-electron chi connectivity index (χ4n) is 2.82. The van der Waals surface area contributed by atoms with Crippen molar-refractivity contribution < 1.29 is 26.4 Å². The summed E-state index contributed by atoms with van der Waals surface area (Å²) in [4.78, 5) is 16.2. The third kappa shape index (κ3) is 4.98. The number of carbonyl (C=O) groups excluding carboxylic acids is 1. The average Bonchev–Trinajstić information content (AvgIpc) is 2.68. The smallest absolute Gasteiger partial charge is 0.399 e. The first-order valence-corrected chi connectivity index (χ1v) is 11.0. The van der Waals surface area contributed by atoms with E-state index in [1.807, 2.05) is 0 Å². The minimum Gasteiger partial charge on any atom is -0.399 e. The number of anilines is 2. The Kier molecular flexibility index (Phi) is 6.41. The first kappa shape index (κ1) is 23.8. The number of nitrogens with one attached hydrogen (secondary N) is 1. The molecule has 12 heteroatoms. The number of nitrogens with two attached hydrogens (primary N) is 1. The zero-order chi connectivity index (χ0) is 23.8. The Morgan fingerprint density at radius 2 is 1.78 bits per heavy atom. The van der Waals surface area contributed by atoms with Crippen LogP contribution in [0.4, 0.5) is 24.5 Å². The summed E-state index contributed by atoms with van der Waals surface area (Å²) in [5.41, 5.74) is 3.92. The van der Waals surface area contributed by atoms with Crippen LogP contribution in [0.25, 0.3) is 0 Å². The van der Waals surface area contributed by atoms with Crippen molar-refractivity contribution in [1.29, 1.82) is 0 Å². The lowest BCUT2D eigenvalue weighted by molar-refractivity contribution is -0.138. The summed E-state index contributed by atoms with van der Waals surface area (Å²) >= 11 is 12.0. The molecule has 2 aromatic carbocycles. The third-order valence-corrected chi connectivity index (χ3v) is 6.27. The van der Waals surface area contributed by atoms with Gasteiger partial charge in [0.2, 0.25) is 5.78 Å². The highest BCUT2D eigenvalue weighted by Gasteiger charge is 2.34. The molecule has 3 aromatic rings. The highest BCUT2D eigenvalue weighted by atomic mass is 35.5. The molecule has 0 amide bonds. The van der Waals surface area contributed by atoms with Crippen molar-refractivity contribution in [3.05, 3.63) is 81.1 Å². The van der Waals surface area contributed by atoms with E-state index in [4.69, 9.17) is 28.9 Å². The zero-order valence-corrected chi connectivity index (χ0v) is 18.5. The van der Waals surface area contributed by atoms with Crippen molar-refractivity contribution in [1.82, 2.24) is 4.98 Å². The number of hydrogen-bond donors (Lipinski definition) is 2. The van der Waals surface area contributed by atoms with E-state index in [-0.39, 0.29) is 38.2 Å². The molecule has 1 aromatic heterocycles. The molecule has 0 aliphatic heterocycles. The van der Waals surface area contributed by atoms with Crippen molar-refractivity contribution in [2.24, 2.45) is 0 Å². The van der Waals surface area contributed by atoms with Gasteiger partial charge < -0.3 is 5.73 Å². The molecule has 0 spiro atoms. The number of sulfonamides is 1. The minimum absolute atomic E-state index is 0.0159. The Bertz CT molecular complexity index is 1330. The lowest BCUT2D eigenvalue weighted by Crippen LogP contribution is -2.18. The highest BCUT2D eigenvalue weighted by molar-refractivity contribution is 7.92. The van der Waals surface area contributed by atoms with Crippen LogP contribution in [0.5, 0.6) is 0 Å². The molecule has 0 fully saturated rings. The fourth-order valence-corrected chi connectivity index (χ4v) is 4.26. The summed E-state index contributed by atoms with van der Waals surface area (Å²) in [7, 11) is -4.54. The van der Waals surface area contributed by atoms with Crippen LogP contribution in [0.3, 0.4) is 0 Å². The Morgan fingerprint density at radius 3 is 2.44 bits per heavy atom. The maximum Gasteiger partial charge on any atom is 0.416 e. The van der Waals surface area contributed by atoms with E-state index >= 15 is 0 Å². The third-order valence-electron chi connectivity index (χ3n) is 4.37. The summed E-state index contributed by atoms with van der Waals surface area (Å²) in [5.74, 6) is -0.767. The van der Waals surface area contributed by atoms with Gasteiger partial charge in [-0.2, -0.15) is 13.2 Å². The number of nitrogen functional groups attached to an aromatic ring is 1. The second kappa shape index (κ2) is 8.61. The van der Waals surface area contributed by atoms with Gasteiger partial charge >= 0.3 is 6.18 Å². The van der Waals surface area contributed by atoms with Gasteiger partial charge in [0, 0.05) is 17.4 Å². The van der Waals surface area contributed by atoms with E-state index in [9.17, 15) is 26.4 Å². The monoisotopic (exact) mass is 503 g/mol. The summed E-state index contributed by atoms with van der Waals surface area (Å²) in [6.45, 7) is 1.21. The van der Waals surface area contributed by atoms with Crippen LogP contribution in [0.15, 0.2) is 53.6 Å². The van der Waals surface area contributed by atoms with Crippen LogP contribution >= 0.6 is 23.2 Å². The maximum atomic E-state index is 13.2. The predicted octanol–water partition coefficient (Wildman–Crippen LogP) is 5.33. The minimum atomic E-state index is -4.75. The fraction of sp³-hybridized carbons (Fsp3) is 0.100. The van der Waals surface area contributed by atoms with Gasteiger partial charge in [-0.15, -0.1) is 0 Å². The molecule has 0 atom stereocenters. The number of nitrogens with zero attached hydrogens (tertiary/aromatic N) is 1. The molecule has 3 N–H and O–H groups in total. The van der Waals surface area contributed by atoms with Gasteiger partial charge in [0.25, 0.3) is 10.0 Å². The molecule has 0 saturated heterocycles. The molecule has 168 valence electrons. The number of hydrogen-bond acceptors (Lipinski definition) is 5. The van der Waals surface area contributed by atoms with Crippen LogP contribution in [0.2, 0.25) is 10.0 Å². The number of aromatic nitrogens is 1. The standard InChI is InChI=1S/C20H14Cl2F3N3O3S/c1-10-2-4-13(8-15(10)20(23,24)25)32(30,31)28-17-6-11(21)9-27-18(17)19(29)14-7-12(26)3-5-16(14)22/h2-9,28H,26H2,1H3. The normalized spacial score (nSPS) is 11.9. The van der Waals surface area contributed by atoms with Crippen molar-refractivity contribution in [3.8, 4) is 0 Å². The Labute approximate surface area is 191 Å². The summed E-state index contributed by atoms with van der Waals surface area (Å²) in [6, 6.07) is 7.80. The number of ketones is 1.